The van der Waals surface area contributed by atoms with Crippen LogP contribution in [0.1, 0.15) is 12.5 Å². The SMILES string of the molecule is Cc1ccc(S(=O)(=O)O[C@H]([C@H](C)O)P(=O)(O[Si](C)(C)C)O[Si](C)(C)C)cc1. The molecule has 0 aromatic heterocycles. The van der Waals surface area contributed by atoms with Gasteiger partial charge in [0.1, 0.15) is 0 Å². The molecule has 0 heterocycles. The summed E-state index contributed by atoms with van der Waals surface area (Å²) in [5, 5.41) is 10.2. The Morgan fingerprint density at radius 1 is 0.963 bits per heavy atom. The van der Waals surface area contributed by atoms with Crippen LogP contribution in [0.4, 0.5) is 0 Å². The molecule has 0 saturated heterocycles. The number of aryl methyl sites for hydroxylation is 1. The van der Waals surface area contributed by atoms with E-state index in [0.29, 0.717) is 0 Å². The van der Waals surface area contributed by atoms with Crippen molar-refractivity contribution in [1.29, 1.82) is 0 Å². The normalized spacial score (nSPS) is 16.2. The zero-order valence-electron chi connectivity index (χ0n) is 17.2. The highest BCUT2D eigenvalue weighted by molar-refractivity contribution is 7.87. The summed E-state index contributed by atoms with van der Waals surface area (Å²) < 4.78 is 55.8. The summed E-state index contributed by atoms with van der Waals surface area (Å²) in [5.41, 5.74) is 0.885. The Balaban J connectivity index is 3.36. The van der Waals surface area contributed by atoms with E-state index >= 15 is 0 Å². The van der Waals surface area contributed by atoms with Crippen molar-refractivity contribution in [3.8, 4) is 0 Å². The molecule has 0 bridgehead atoms. The minimum absolute atomic E-state index is 0.0914. The van der Waals surface area contributed by atoms with Crippen molar-refractivity contribution >= 4 is 34.3 Å². The summed E-state index contributed by atoms with van der Waals surface area (Å²) in [6.07, 6.45) is -1.39. The van der Waals surface area contributed by atoms with E-state index in [1.807, 2.05) is 6.92 Å². The van der Waals surface area contributed by atoms with Crippen molar-refractivity contribution in [1.82, 2.24) is 0 Å². The predicted octanol–water partition coefficient (Wildman–Crippen LogP) is 4.30. The molecule has 0 amide bonds. The fourth-order valence-electron chi connectivity index (χ4n) is 2.17. The van der Waals surface area contributed by atoms with Crippen LogP contribution in [0.3, 0.4) is 0 Å². The monoisotopic (exact) mass is 454 g/mol. The third-order valence-electron chi connectivity index (χ3n) is 3.06. The molecule has 0 aliphatic carbocycles. The van der Waals surface area contributed by atoms with E-state index in [1.165, 1.54) is 19.1 Å². The number of benzene rings is 1. The van der Waals surface area contributed by atoms with Gasteiger partial charge < -0.3 is 13.5 Å². The van der Waals surface area contributed by atoms with Gasteiger partial charge in [0, 0.05) is 0 Å². The third-order valence-corrected chi connectivity index (χ3v) is 12.1. The molecule has 0 spiro atoms. The van der Waals surface area contributed by atoms with Crippen LogP contribution in [-0.2, 0) is 27.3 Å². The van der Waals surface area contributed by atoms with Gasteiger partial charge in [-0.15, -0.1) is 0 Å². The molecule has 7 nitrogen and oxygen atoms in total. The van der Waals surface area contributed by atoms with Gasteiger partial charge in [-0.05, 0) is 65.3 Å². The van der Waals surface area contributed by atoms with Crippen molar-refractivity contribution in [3.05, 3.63) is 29.8 Å². The van der Waals surface area contributed by atoms with E-state index in [2.05, 4.69) is 0 Å². The first-order valence-electron chi connectivity index (χ1n) is 8.64. The molecule has 0 aliphatic heterocycles. The van der Waals surface area contributed by atoms with Crippen molar-refractivity contribution in [2.45, 2.75) is 70.0 Å². The number of aliphatic hydroxyl groups excluding tert-OH is 1. The van der Waals surface area contributed by atoms with Crippen LogP contribution in [-0.4, -0.2) is 42.1 Å². The Bertz CT molecular complexity index is 760. The average Bonchev–Trinajstić information content (AvgIpc) is 2.40. The van der Waals surface area contributed by atoms with Gasteiger partial charge in [-0.25, -0.2) is 4.18 Å². The van der Waals surface area contributed by atoms with Gasteiger partial charge in [0.05, 0.1) is 11.0 Å². The van der Waals surface area contributed by atoms with Crippen molar-refractivity contribution in [2.75, 3.05) is 0 Å². The quantitative estimate of drug-likeness (QED) is 0.337. The van der Waals surface area contributed by atoms with Gasteiger partial charge in [0.15, 0.2) is 16.6 Å². The Morgan fingerprint density at radius 2 is 1.37 bits per heavy atom. The second-order valence-electron chi connectivity index (χ2n) is 8.44. The van der Waals surface area contributed by atoms with Gasteiger partial charge in [-0.3, -0.25) is 4.57 Å². The summed E-state index contributed by atoms with van der Waals surface area (Å²) >= 11 is 0. The van der Waals surface area contributed by atoms with E-state index in [4.69, 9.17) is 12.6 Å². The molecule has 1 N–H and O–H groups in total. The largest absolute Gasteiger partial charge is 0.390 e. The lowest BCUT2D eigenvalue weighted by molar-refractivity contribution is 0.0842. The molecule has 1 aromatic carbocycles. The lowest BCUT2D eigenvalue weighted by Crippen LogP contribution is -2.38. The summed E-state index contributed by atoms with van der Waals surface area (Å²) in [4.78, 5) is -0.0914. The Morgan fingerprint density at radius 3 is 1.70 bits per heavy atom. The Labute approximate surface area is 165 Å². The van der Waals surface area contributed by atoms with Gasteiger partial charge in [0.2, 0.25) is 5.85 Å². The smallest absolute Gasteiger partial charge is 0.344 e. The lowest BCUT2D eigenvalue weighted by atomic mass is 10.2. The summed E-state index contributed by atoms with van der Waals surface area (Å²) in [6, 6.07) is 6.05. The van der Waals surface area contributed by atoms with Crippen LogP contribution >= 0.6 is 7.60 Å². The van der Waals surface area contributed by atoms with Crippen LogP contribution in [0.15, 0.2) is 29.2 Å². The molecule has 1 rings (SSSR count). The lowest BCUT2D eigenvalue weighted by Gasteiger charge is -2.36. The zero-order chi connectivity index (χ0) is 21.3. The van der Waals surface area contributed by atoms with Crippen molar-refractivity contribution in [2.24, 2.45) is 0 Å². The van der Waals surface area contributed by atoms with Crippen molar-refractivity contribution < 1.29 is 30.7 Å². The van der Waals surface area contributed by atoms with E-state index in [-0.39, 0.29) is 4.90 Å². The van der Waals surface area contributed by atoms with E-state index < -0.39 is 46.3 Å². The molecule has 0 aliphatic rings. The van der Waals surface area contributed by atoms with E-state index in [0.717, 1.165) is 5.56 Å². The standard InChI is InChI=1S/C16H31O7PSSi2/c1-13-9-11-15(12-10-13)25(19,20)21-16(14(2)17)24(18,22-26(3,4)5)23-27(6,7)8/h9-12,14,16-17H,1-8H3/t14-,16-/m0/s1. The minimum atomic E-state index is -4.28. The summed E-state index contributed by atoms with van der Waals surface area (Å²) in [5.74, 6) is -1.65. The zero-order valence-corrected chi connectivity index (χ0v) is 20.9. The highest BCUT2D eigenvalue weighted by Crippen LogP contribution is 2.59. The summed E-state index contributed by atoms with van der Waals surface area (Å²) in [7, 11) is -13.2. The first-order chi connectivity index (χ1) is 12.0. The average molecular weight is 455 g/mol. The van der Waals surface area contributed by atoms with Gasteiger partial charge >= 0.3 is 7.60 Å². The predicted molar refractivity (Wildman–Crippen MR) is 111 cm³/mol. The summed E-state index contributed by atoms with van der Waals surface area (Å²) in [6.45, 7) is 14.0. The first kappa shape index (κ1) is 24.7. The number of hydrogen-bond acceptors (Lipinski definition) is 7. The number of rotatable bonds is 9. The molecular weight excluding hydrogens is 423 g/mol. The topological polar surface area (TPSA) is 99.1 Å². The molecule has 0 radical (unpaired) electrons. The van der Waals surface area contributed by atoms with Crippen molar-refractivity contribution in [3.63, 3.8) is 0 Å². The van der Waals surface area contributed by atoms with Crippen LogP contribution in [0.25, 0.3) is 0 Å². The molecule has 1 aromatic rings. The number of hydrogen-bond donors (Lipinski definition) is 1. The molecule has 0 saturated carbocycles. The first-order valence-corrected chi connectivity index (χ1v) is 18.5. The van der Waals surface area contributed by atoms with Gasteiger partial charge in [-0.2, -0.15) is 8.42 Å². The molecule has 2 atom stereocenters. The Hall–Kier alpha value is -0.326. The second kappa shape index (κ2) is 8.58. The third kappa shape index (κ3) is 7.90. The van der Waals surface area contributed by atoms with E-state index in [9.17, 15) is 18.1 Å². The maximum atomic E-state index is 13.6. The fraction of sp³-hybridized carbons (Fsp3) is 0.625. The molecule has 11 heteroatoms. The van der Waals surface area contributed by atoms with Crippen LogP contribution in [0, 0.1) is 6.92 Å². The molecule has 0 unspecified atom stereocenters. The maximum absolute atomic E-state index is 13.6. The fourth-order valence-corrected chi connectivity index (χ4v) is 11.9. The molecule has 156 valence electrons. The van der Waals surface area contributed by atoms with Crippen LogP contribution < -0.4 is 0 Å². The Kier molecular flexibility index (Phi) is 7.86. The molecule has 27 heavy (non-hydrogen) atoms. The van der Waals surface area contributed by atoms with Crippen LogP contribution in [0.2, 0.25) is 39.3 Å². The minimum Gasteiger partial charge on any atom is -0.390 e. The van der Waals surface area contributed by atoms with E-state index in [1.54, 1.807) is 51.4 Å². The molecule has 0 fully saturated rings. The second-order valence-corrected chi connectivity index (χ2v) is 21.5. The molecular formula is C16H31O7PSSi2. The van der Waals surface area contributed by atoms with Crippen LogP contribution in [0.5, 0.6) is 0 Å². The van der Waals surface area contributed by atoms with Gasteiger partial charge in [0.25, 0.3) is 10.1 Å². The number of aliphatic hydroxyl groups is 1. The highest BCUT2D eigenvalue weighted by atomic mass is 32.2. The van der Waals surface area contributed by atoms with Gasteiger partial charge in [-0.1, -0.05) is 17.7 Å². The maximum Gasteiger partial charge on any atom is 0.344 e. The highest BCUT2D eigenvalue weighted by Gasteiger charge is 2.48.